The van der Waals surface area contributed by atoms with E-state index in [9.17, 15) is 4.79 Å². The molecular formula is C19H18N2O3. The van der Waals surface area contributed by atoms with E-state index >= 15 is 0 Å². The number of esters is 1. The molecule has 0 saturated heterocycles. The third-order valence-electron chi connectivity index (χ3n) is 3.59. The quantitative estimate of drug-likeness (QED) is 0.668. The zero-order valence-electron chi connectivity index (χ0n) is 13.7. The number of oxazole rings is 1. The summed E-state index contributed by atoms with van der Waals surface area (Å²) in [5, 5.41) is 0. The van der Waals surface area contributed by atoms with E-state index < -0.39 is 5.97 Å². The van der Waals surface area contributed by atoms with Crippen LogP contribution in [-0.2, 0) is 11.2 Å². The van der Waals surface area contributed by atoms with Crippen LogP contribution < -0.4 is 0 Å². The molecule has 0 spiro atoms. The number of carbonyl (C=O) groups excluding carboxylic acids is 1. The van der Waals surface area contributed by atoms with Crippen molar-refractivity contribution < 1.29 is 13.9 Å². The van der Waals surface area contributed by atoms with Gasteiger partial charge in [-0.05, 0) is 36.6 Å². The number of hydrogen-bond donors (Lipinski definition) is 0. The van der Waals surface area contributed by atoms with Gasteiger partial charge in [-0.2, -0.15) is 0 Å². The molecule has 24 heavy (non-hydrogen) atoms. The van der Waals surface area contributed by atoms with Gasteiger partial charge in [0.2, 0.25) is 0 Å². The normalized spacial score (nSPS) is 10.6. The van der Waals surface area contributed by atoms with Crippen LogP contribution in [0.4, 0.5) is 0 Å². The molecule has 3 rings (SSSR count). The van der Waals surface area contributed by atoms with Crippen molar-refractivity contribution >= 4 is 5.97 Å². The average Bonchev–Trinajstić information content (AvgIpc) is 3.02. The summed E-state index contributed by atoms with van der Waals surface area (Å²) in [5.74, 6) is 0.258. The molecule has 3 aromatic rings. The van der Waals surface area contributed by atoms with E-state index in [1.54, 1.807) is 25.5 Å². The monoisotopic (exact) mass is 322 g/mol. The van der Waals surface area contributed by atoms with Crippen molar-refractivity contribution in [2.24, 2.45) is 0 Å². The van der Waals surface area contributed by atoms with Gasteiger partial charge in [-0.1, -0.05) is 24.3 Å². The van der Waals surface area contributed by atoms with E-state index in [4.69, 9.17) is 9.15 Å². The highest BCUT2D eigenvalue weighted by atomic mass is 16.5. The Bertz CT molecular complexity index is 838. The number of nitrogens with zero attached hydrogens (tertiary/aromatic N) is 2. The molecule has 5 heteroatoms. The maximum Gasteiger partial charge on any atom is 0.356 e. The molecule has 0 unspecified atom stereocenters. The molecule has 0 fully saturated rings. The average molecular weight is 322 g/mol. The maximum atomic E-state index is 11.8. The second-order valence-electron chi connectivity index (χ2n) is 5.40. The zero-order valence-corrected chi connectivity index (χ0v) is 13.7. The summed E-state index contributed by atoms with van der Waals surface area (Å²) in [6.07, 6.45) is 4.00. The smallest absolute Gasteiger partial charge is 0.356 e. The summed E-state index contributed by atoms with van der Waals surface area (Å²) in [5.41, 5.74) is 4.33. The number of rotatable bonds is 5. The lowest BCUT2D eigenvalue weighted by Crippen LogP contribution is -2.07. The second-order valence-corrected chi connectivity index (χ2v) is 5.40. The molecule has 0 amide bonds. The molecule has 0 aliphatic heterocycles. The minimum Gasteiger partial charge on any atom is -0.461 e. The van der Waals surface area contributed by atoms with Gasteiger partial charge in [0.05, 0.1) is 6.61 Å². The first-order valence-electron chi connectivity index (χ1n) is 7.79. The standard InChI is InChI=1S/C19H18N2O3/c1-3-23-19(22)17-11-15(8-9-20-17)10-14-4-6-16(7-5-14)18-12-24-13(2)21-18/h4-9,11-12H,3,10H2,1-2H3. The fourth-order valence-corrected chi connectivity index (χ4v) is 2.43. The maximum absolute atomic E-state index is 11.8. The zero-order chi connectivity index (χ0) is 16.9. The van der Waals surface area contributed by atoms with Gasteiger partial charge in [0.25, 0.3) is 0 Å². The molecule has 1 aromatic carbocycles. The first-order valence-corrected chi connectivity index (χ1v) is 7.79. The van der Waals surface area contributed by atoms with Gasteiger partial charge in [-0.15, -0.1) is 0 Å². The van der Waals surface area contributed by atoms with E-state index in [1.807, 2.05) is 37.3 Å². The Kier molecular flexibility index (Phi) is 4.70. The van der Waals surface area contributed by atoms with Crippen molar-refractivity contribution in [3.63, 3.8) is 0 Å². The van der Waals surface area contributed by atoms with Crippen LogP contribution in [0.5, 0.6) is 0 Å². The van der Waals surface area contributed by atoms with Crippen LogP contribution in [-0.4, -0.2) is 22.5 Å². The summed E-state index contributed by atoms with van der Waals surface area (Å²) >= 11 is 0. The molecule has 0 aliphatic rings. The molecular weight excluding hydrogens is 304 g/mol. The summed E-state index contributed by atoms with van der Waals surface area (Å²) in [6, 6.07) is 11.8. The van der Waals surface area contributed by atoms with E-state index in [0.29, 0.717) is 24.6 Å². The first-order chi connectivity index (χ1) is 11.7. The number of carbonyl (C=O) groups is 1. The Balaban J connectivity index is 1.74. The third kappa shape index (κ3) is 3.68. The van der Waals surface area contributed by atoms with Crippen LogP contribution in [0.2, 0.25) is 0 Å². The van der Waals surface area contributed by atoms with Gasteiger partial charge in [0.15, 0.2) is 5.89 Å². The van der Waals surface area contributed by atoms with Gasteiger partial charge in [-0.25, -0.2) is 14.8 Å². The van der Waals surface area contributed by atoms with E-state index in [2.05, 4.69) is 9.97 Å². The highest BCUT2D eigenvalue weighted by Gasteiger charge is 2.09. The Morgan fingerprint density at radius 3 is 2.62 bits per heavy atom. The number of aromatic nitrogens is 2. The van der Waals surface area contributed by atoms with Crippen molar-refractivity contribution in [1.29, 1.82) is 0 Å². The van der Waals surface area contributed by atoms with Crippen LogP contribution in [0.3, 0.4) is 0 Å². The van der Waals surface area contributed by atoms with Crippen molar-refractivity contribution in [3.8, 4) is 11.3 Å². The third-order valence-corrected chi connectivity index (χ3v) is 3.59. The first kappa shape index (κ1) is 15.9. The van der Waals surface area contributed by atoms with Gasteiger partial charge in [-0.3, -0.25) is 0 Å². The van der Waals surface area contributed by atoms with Crippen LogP contribution in [0.1, 0.15) is 34.4 Å². The number of pyridine rings is 1. The van der Waals surface area contributed by atoms with Gasteiger partial charge >= 0.3 is 5.97 Å². The molecule has 0 atom stereocenters. The minimum atomic E-state index is -0.393. The lowest BCUT2D eigenvalue weighted by Gasteiger charge is -2.05. The van der Waals surface area contributed by atoms with Gasteiger partial charge in [0, 0.05) is 18.7 Å². The summed E-state index contributed by atoms with van der Waals surface area (Å²) in [4.78, 5) is 20.1. The number of hydrogen-bond acceptors (Lipinski definition) is 5. The van der Waals surface area contributed by atoms with Crippen LogP contribution >= 0.6 is 0 Å². The molecule has 122 valence electrons. The molecule has 0 saturated carbocycles. The predicted molar refractivity (Wildman–Crippen MR) is 89.7 cm³/mol. The fraction of sp³-hybridized carbons (Fsp3) is 0.211. The van der Waals surface area contributed by atoms with Crippen molar-refractivity contribution in [3.05, 3.63) is 71.6 Å². The number of ether oxygens (including phenoxy) is 1. The molecule has 0 N–H and O–H groups in total. The van der Waals surface area contributed by atoms with Crippen molar-refractivity contribution in [1.82, 2.24) is 9.97 Å². The summed E-state index contributed by atoms with van der Waals surface area (Å²) < 4.78 is 10.2. The molecule has 2 heterocycles. The Labute approximate surface area is 140 Å². The lowest BCUT2D eigenvalue weighted by atomic mass is 10.0. The summed E-state index contributed by atoms with van der Waals surface area (Å²) in [6.45, 7) is 3.94. The largest absolute Gasteiger partial charge is 0.461 e. The summed E-state index contributed by atoms with van der Waals surface area (Å²) in [7, 11) is 0. The number of benzene rings is 1. The van der Waals surface area contributed by atoms with E-state index in [1.165, 1.54) is 0 Å². The SMILES string of the molecule is CCOC(=O)c1cc(Cc2ccc(-c3coc(C)n3)cc2)ccn1. The van der Waals surface area contributed by atoms with Crippen molar-refractivity contribution in [2.45, 2.75) is 20.3 Å². The van der Waals surface area contributed by atoms with E-state index in [0.717, 1.165) is 22.4 Å². The lowest BCUT2D eigenvalue weighted by molar-refractivity contribution is 0.0519. The molecule has 0 aliphatic carbocycles. The van der Waals surface area contributed by atoms with Crippen LogP contribution in [0.25, 0.3) is 11.3 Å². The van der Waals surface area contributed by atoms with Gasteiger partial charge in [0.1, 0.15) is 17.7 Å². The topological polar surface area (TPSA) is 65.2 Å². The Morgan fingerprint density at radius 1 is 1.17 bits per heavy atom. The predicted octanol–water partition coefficient (Wildman–Crippen LogP) is 3.81. The molecule has 0 bridgehead atoms. The Morgan fingerprint density at radius 2 is 1.96 bits per heavy atom. The highest BCUT2D eigenvalue weighted by molar-refractivity contribution is 5.87. The van der Waals surface area contributed by atoms with Crippen LogP contribution in [0, 0.1) is 6.92 Å². The Hall–Kier alpha value is -2.95. The van der Waals surface area contributed by atoms with Crippen LogP contribution in [0.15, 0.2) is 53.3 Å². The molecule has 0 radical (unpaired) electrons. The minimum absolute atomic E-state index is 0.337. The second kappa shape index (κ2) is 7.08. The van der Waals surface area contributed by atoms with Crippen molar-refractivity contribution in [2.75, 3.05) is 6.61 Å². The fourth-order valence-electron chi connectivity index (χ4n) is 2.43. The van der Waals surface area contributed by atoms with E-state index in [-0.39, 0.29) is 0 Å². The highest BCUT2D eigenvalue weighted by Crippen LogP contribution is 2.20. The molecule has 5 nitrogen and oxygen atoms in total. The molecule has 2 aromatic heterocycles. The number of aryl methyl sites for hydroxylation is 1. The van der Waals surface area contributed by atoms with Gasteiger partial charge < -0.3 is 9.15 Å².